The Labute approximate surface area is 119 Å². The summed E-state index contributed by atoms with van der Waals surface area (Å²) < 4.78 is 5.28. The third-order valence-electron chi connectivity index (χ3n) is 4.24. The fourth-order valence-electron chi connectivity index (χ4n) is 3.06. The summed E-state index contributed by atoms with van der Waals surface area (Å²) in [6, 6.07) is 0. The minimum absolute atomic E-state index is 0.0273. The van der Waals surface area contributed by atoms with Crippen LogP contribution in [0, 0.1) is 11.3 Å². The van der Waals surface area contributed by atoms with Gasteiger partial charge in [0.25, 0.3) is 0 Å². The van der Waals surface area contributed by atoms with E-state index in [-0.39, 0.29) is 11.7 Å². The first-order valence-electron chi connectivity index (χ1n) is 7.15. The number of nitrogens with one attached hydrogen (secondary N) is 1. The monoisotopic (exact) mass is 284 g/mol. The molecular weight excluding hydrogens is 260 g/mol. The highest BCUT2D eigenvalue weighted by Crippen LogP contribution is 2.45. The van der Waals surface area contributed by atoms with Crippen molar-refractivity contribution in [3.05, 3.63) is 0 Å². The normalized spacial score (nSPS) is 31.6. The van der Waals surface area contributed by atoms with Crippen LogP contribution in [0.3, 0.4) is 0 Å². The molecule has 1 saturated carbocycles. The summed E-state index contributed by atoms with van der Waals surface area (Å²) in [4.78, 5) is 14.6. The summed E-state index contributed by atoms with van der Waals surface area (Å²) in [6.07, 6.45) is 1.29. The summed E-state index contributed by atoms with van der Waals surface area (Å²) in [5.74, 6) is 0.332. The Balaban J connectivity index is 1.80. The van der Waals surface area contributed by atoms with Gasteiger partial charge in [-0.25, -0.2) is 0 Å². The van der Waals surface area contributed by atoms with Gasteiger partial charge in [0.1, 0.15) is 5.41 Å². The lowest BCUT2D eigenvalue weighted by Gasteiger charge is -2.43. The van der Waals surface area contributed by atoms with Crippen LogP contribution in [0.15, 0.2) is 5.16 Å². The van der Waals surface area contributed by atoms with Crippen LogP contribution in [0.4, 0.5) is 0 Å². The van der Waals surface area contributed by atoms with Gasteiger partial charge in [0.05, 0.1) is 13.2 Å². The average molecular weight is 284 g/mol. The van der Waals surface area contributed by atoms with Crippen molar-refractivity contribution >= 4 is 11.7 Å². The first kappa shape index (κ1) is 15.1. The third kappa shape index (κ3) is 3.04. The number of amidine groups is 1. The summed E-state index contributed by atoms with van der Waals surface area (Å²) in [6.45, 7) is 6.74. The number of amides is 1. The zero-order chi connectivity index (χ0) is 14.6. The Morgan fingerprint density at radius 2 is 2.15 bits per heavy atom. The second-order valence-electron chi connectivity index (χ2n) is 5.79. The molecule has 7 heteroatoms. The molecule has 1 aliphatic carbocycles. The predicted octanol–water partition coefficient (Wildman–Crippen LogP) is -0.402. The summed E-state index contributed by atoms with van der Waals surface area (Å²) in [5, 5.41) is 14.8. The molecule has 114 valence electrons. The SMILES string of the molecule is CC1CC(C(=O)NCCN2CCOCC2)(C(N)=NO)C1. The molecule has 2 rings (SSSR count). The fourth-order valence-corrected chi connectivity index (χ4v) is 3.06. The molecule has 0 radical (unpaired) electrons. The van der Waals surface area contributed by atoms with Crippen molar-refractivity contribution in [2.45, 2.75) is 19.8 Å². The molecule has 2 fully saturated rings. The molecule has 2 aliphatic rings. The highest BCUT2D eigenvalue weighted by Gasteiger charge is 2.52. The van der Waals surface area contributed by atoms with Crippen molar-refractivity contribution in [1.29, 1.82) is 0 Å². The van der Waals surface area contributed by atoms with Crippen LogP contribution in [-0.4, -0.2) is 61.2 Å². The van der Waals surface area contributed by atoms with E-state index < -0.39 is 5.41 Å². The molecule has 0 aromatic rings. The first-order chi connectivity index (χ1) is 9.58. The minimum atomic E-state index is -0.806. The van der Waals surface area contributed by atoms with Crippen molar-refractivity contribution in [3.63, 3.8) is 0 Å². The molecule has 1 amide bonds. The summed E-state index contributed by atoms with van der Waals surface area (Å²) in [7, 11) is 0. The Bertz CT molecular complexity index is 374. The van der Waals surface area contributed by atoms with Crippen molar-refractivity contribution in [2.75, 3.05) is 39.4 Å². The van der Waals surface area contributed by atoms with Gasteiger partial charge in [0.15, 0.2) is 5.84 Å². The molecule has 1 heterocycles. The Kier molecular flexibility index (Phi) is 4.82. The number of hydrogen-bond acceptors (Lipinski definition) is 5. The van der Waals surface area contributed by atoms with E-state index in [1.54, 1.807) is 0 Å². The smallest absolute Gasteiger partial charge is 0.234 e. The van der Waals surface area contributed by atoms with Gasteiger partial charge in [-0.1, -0.05) is 12.1 Å². The molecule has 1 aliphatic heterocycles. The first-order valence-corrected chi connectivity index (χ1v) is 7.15. The van der Waals surface area contributed by atoms with Crippen molar-refractivity contribution in [3.8, 4) is 0 Å². The second kappa shape index (κ2) is 6.41. The van der Waals surface area contributed by atoms with E-state index in [0.717, 1.165) is 32.8 Å². The molecular formula is C13H24N4O3. The molecule has 0 unspecified atom stereocenters. The highest BCUT2D eigenvalue weighted by molar-refractivity contribution is 6.07. The standard InChI is InChI=1S/C13H24N4O3/c1-10-8-13(9-10,11(14)16-19)12(18)15-2-3-17-4-6-20-7-5-17/h10,19H,2-9H2,1H3,(H2,14,16)(H,15,18). The quantitative estimate of drug-likeness (QED) is 0.276. The number of ether oxygens (including phenoxy) is 1. The topological polar surface area (TPSA) is 100 Å². The van der Waals surface area contributed by atoms with E-state index in [4.69, 9.17) is 15.7 Å². The van der Waals surface area contributed by atoms with Crippen LogP contribution in [0.25, 0.3) is 0 Å². The fraction of sp³-hybridized carbons (Fsp3) is 0.846. The van der Waals surface area contributed by atoms with E-state index >= 15 is 0 Å². The molecule has 0 bridgehead atoms. The molecule has 7 nitrogen and oxygen atoms in total. The lowest BCUT2D eigenvalue weighted by atomic mass is 9.61. The summed E-state index contributed by atoms with van der Waals surface area (Å²) >= 11 is 0. The Hall–Kier alpha value is -1.34. The summed E-state index contributed by atoms with van der Waals surface area (Å²) in [5.41, 5.74) is 4.90. The molecule has 0 aromatic heterocycles. The van der Waals surface area contributed by atoms with Gasteiger partial charge in [0.2, 0.25) is 5.91 Å². The zero-order valence-corrected chi connectivity index (χ0v) is 12.0. The lowest BCUT2D eigenvalue weighted by molar-refractivity contribution is -0.133. The number of carbonyl (C=O) groups excluding carboxylic acids is 1. The van der Waals surface area contributed by atoms with Crippen LogP contribution in [0.1, 0.15) is 19.8 Å². The van der Waals surface area contributed by atoms with Gasteiger partial charge in [-0.2, -0.15) is 0 Å². The number of nitrogens with zero attached hydrogens (tertiary/aromatic N) is 2. The molecule has 1 saturated heterocycles. The third-order valence-corrected chi connectivity index (χ3v) is 4.24. The van der Waals surface area contributed by atoms with Gasteiger partial charge >= 0.3 is 0 Å². The predicted molar refractivity (Wildman–Crippen MR) is 74.5 cm³/mol. The number of morpholine rings is 1. The van der Waals surface area contributed by atoms with Gasteiger partial charge in [-0.15, -0.1) is 0 Å². The van der Waals surface area contributed by atoms with Gasteiger partial charge < -0.3 is 21.0 Å². The number of hydrogen-bond donors (Lipinski definition) is 3. The largest absolute Gasteiger partial charge is 0.409 e. The van der Waals surface area contributed by atoms with Gasteiger partial charge in [0, 0.05) is 26.2 Å². The van der Waals surface area contributed by atoms with Gasteiger partial charge in [-0.3, -0.25) is 9.69 Å². The number of rotatable bonds is 5. The van der Waals surface area contributed by atoms with Crippen molar-refractivity contribution < 1.29 is 14.7 Å². The maximum atomic E-state index is 12.3. The van der Waals surface area contributed by atoms with Crippen LogP contribution in [0.2, 0.25) is 0 Å². The minimum Gasteiger partial charge on any atom is -0.409 e. The molecule has 20 heavy (non-hydrogen) atoms. The Morgan fingerprint density at radius 3 is 2.70 bits per heavy atom. The average Bonchev–Trinajstić information content (AvgIpc) is 2.43. The highest BCUT2D eigenvalue weighted by atomic mass is 16.5. The van der Waals surface area contributed by atoms with Crippen LogP contribution < -0.4 is 11.1 Å². The lowest BCUT2D eigenvalue weighted by Crippen LogP contribution is -2.57. The molecule has 0 aromatic carbocycles. The van der Waals surface area contributed by atoms with Crippen molar-refractivity contribution in [2.24, 2.45) is 22.2 Å². The molecule has 4 N–H and O–H groups in total. The van der Waals surface area contributed by atoms with Crippen LogP contribution in [-0.2, 0) is 9.53 Å². The maximum Gasteiger partial charge on any atom is 0.234 e. The number of carbonyl (C=O) groups is 1. The van der Waals surface area contributed by atoms with Crippen LogP contribution in [0.5, 0.6) is 0 Å². The zero-order valence-electron chi connectivity index (χ0n) is 12.0. The number of nitrogens with two attached hydrogens (primary N) is 1. The maximum absolute atomic E-state index is 12.3. The number of oxime groups is 1. The van der Waals surface area contributed by atoms with E-state index in [1.165, 1.54) is 0 Å². The van der Waals surface area contributed by atoms with Gasteiger partial charge in [-0.05, 0) is 18.8 Å². The molecule has 0 atom stereocenters. The van der Waals surface area contributed by atoms with Crippen molar-refractivity contribution in [1.82, 2.24) is 10.2 Å². The Morgan fingerprint density at radius 1 is 1.50 bits per heavy atom. The van der Waals surface area contributed by atoms with E-state index in [9.17, 15) is 4.79 Å². The van der Waals surface area contributed by atoms with E-state index in [2.05, 4.69) is 22.3 Å². The van der Waals surface area contributed by atoms with E-state index in [1.807, 2.05) is 0 Å². The second-order valence-corrected chi connectivity index (χ2v) is 5.79. The van der Waals surface area contributed by atoms with Crippen LogP contribution >= 0.6 is 0 Å². The van der Waals surface area contributed by atoms with E-state index in [0.29, 0.717) is 25.3 Å². The molecule has 0 spiro atoms.